The van der Waals surface area contributed by atoms with E-state index in [-0.39, 0.29) is 17.1 Å². The Bertz CT molecular complexity index is 406. The van der Waals surface area contributed by atoms with Gasteiger partial charge >= 0.3 is 0 Å². The van der Waals surface area contributed by atoms with E-state index in [4.69, 9.17) is 0 Å². The van der Waals surface area contributed by atoms with E-state index >= 15 is 0 Å². The highest BCUT2D eigenvalue weighted by Gasteiger charge is 2.13. The van der Waals surface area contributed by atoms with Gasteiger partial charge in [0, 0.05) is 5.56 Å². The Kier molecular flexibility index (Phi) is 3.50. The lowest BCUT2D eigenvalue weighted by atomic mass is 10.0. The maximum Gasteiger partial charge on any atom is 0.154 e. The summed E-state index contributed by atoms with van der Waals surface area (Å²) in [5.41, 5.74) is 1.21. The monoisotopic (exact) mass is 206 g/mol. The molecule has 0 saturated carbocycles. The van der Waals surface area contributed by atoms with E-state index in [1.807, 2.05) is 13.0 Å². The van der Waals surface area contributed by atoms with E-state index in [0.29, 0.717) is 23.8 Å². The number of carbonyl (C=O) groups excluding carboxylic acids is 1. The van der Waals surface area contributed by atoms with Crippen LogP contribution in [0.1, 0.15) is 28.4 Å². The summed E-state index contributed by atoms with van der Waals surface area (Å²) in [5.74, 6) is -0.102. The van der Waals surface area contributed by atoms with Gasteiger partial charge < -0.3 is 10.2 Å². The first kappa shape index (κ1) is 11.3. The van der Waals surface area contributed by atoms with Gasteiger partial charge in [0.05, 0.1) is 5.56 Å². The Morgan fingerprint density at radius 1 is 1.40 bits per heavy atom. The van der Waals surface area contributed by atoms with Crippen LogP contribution in [0.3, 0.4) is 0 Å². The average Bonchev–Trinajstić information content (AvgIpc) is 2.17. The molecule has 0 amide bonds. The molecule has 3 heteroatoms. The molecule has 3 nitrogen and oxygen atoms in total. The number of phenols is 2. The third-order valence-electron chi connectivity index (χ3n) is 2.30. The first-order valence-corrected chi connectivity index (χ1v) is 4.72. The van der Waals surface area contributed by atoms with Gasteiger partial charge in [0.25, 0.3) is 0 Å². The molecule has 0 atom stereocenters. The van der Waals surface area contributed by atoms with E-state index in [9.17, 15) is 15.0 Å². The van der Waals surface area contributed by atoms with E-state index < -0.39 is 0 Å². The van der Waals surface area contributed by atoms with Crippen molar-refractivity contribution in [2.45, 2.75) is 20.3 Å². The molecule has 0 aromatic heterocycles. The van der Waals surface area contributed by atoms with Gasteiger partial charge in [-0.3, -0.25) is 4.79 Å². The van der Waals surface area contributed by atoms with Gasteiger partial charge in [-0.25, -0.2) is 0 Å². The number of phenolic OH excluding ortho intramolecular Hbond substituents is 2. The molecule has 1 aromatic rings. The molecular weight excluding hydrogens is 192 g/mol. The molecule has 0 bridgehead atoms. The molecule has 1 aromatic carbocycles. The van der Waals surface area contributed by atoms with Gasteiger partial charge in [0.1, 0.15) is 11.5 Å². The number of benzene rings is 1. The van der Waals surface area contributed by atoms with Crippen LogP contribution >= 0.6 is 0 Å². The van der Waals surface area contributed by atoms with Crippen molar-refractivity contribution in [3.63, 3.8) is 0 Å². The van der Waals surface area contributed by atoms with Crippen LogP contribution in [-0.2, 0) is 6.42 Å². The fourth-order valence-corrected chi connectivity index (χ4v) is 1.43. The van der Waals surface area contributed by atoms with Crippen LogP contribution in [0.2, 0.25) is 0 Å². The van der Waals surface area contributed by atoms with Crippen LogP contribution in [-0.4, -0.2) is 16.5 Å². The molecule has 0 unspecified atom stereocenters. The molecule has 2 N–H and O–H groups in total. The number of aromatic hydroxyl groups is 2. The van der Waals surface area contributed by atoms with Crippen molar-refractivity contribution in [2.75, 3.05) is 0 Å². The standard InChI is InChI=1S/C12H14O3/c1-3-4-5-9-11(14)6-8(2)10(7-13)12(9)15/h3-4,6-7,14-15H,5H2,1-2H3/b4-3-. The Labute approximate surface area is 88.7 Å². The number of hydrogen-bond acceptors (Lipinski definition) is 3. The number of aldehydes is 1. The molecular formula is C12H14O3. The van der Waals surface area contributed by atoms with Crippen LogP contribution in [0.15, 0.2) is 18.2 Å². The van der Waals surface area contributed by atoms with E-state index in [2.05, 4.69) is 0 Å². The van der Waals surface area contributed by atoms with Crippen LogP contribution < -0.4 is 0 Å². The highest BCUT2D eigenvalue weighted by molar-refractivity contribution is 5.83. The zero-order valence-electron chi connectivity index (χ0n) is 8.82. The molecule has 0 aliphatic carbocycles. The fraction of sp³-hybridized carbons (Fsp3) is 0.250. The van der Waals surface area contributed by atoms with Crippen LogP contribution in [0, 0.1) is 6.92 Å². The quantitative estimate of drug-likeness (QED) is 0.589. The van der Waals surface area contributed by atoms with Crippen LogP contribution in [0.25, 0.3) is 0 Å². The van der Waals surface area contributed by atoms with Crippen LogP contribution in [0.4, 0.5) is 0 Å². The van der Waals surface area contributed by atoms with E-state index in [0.717, 1.165) is 0 Å². The van der Waals surface area contributed by atoms with Crippen molar-refractivity contribution in [3.05, 3.63) is 34.9 Å². The van der Waals surface area contributed by atoms with Crippen molar-refractivity contribution < 1.29 is 15.0 Å². The summed E-state index contributed by atoms with van der Waals surface area (Å²) in [6.45, 7) is 3.52. The number of hydrogen-bond donors (Lipinski definition) is 2. The second-order valence-corrected chi connectivity index (χ2v) is 3.34. The predicted octanol–water partition coefficient (Wildman–Crippen LogP) is 2.34. The normalized spacial score (nSPS) is 10.8. The first-order chi connectivity index (χ1) is 7.11. The van der Waals surface area contributed by atoms with Gasteiger partial charge in [-0.1, -0.05) is 12.2 Å². The molecule has 0 fully saturated rings. The zero-order valence-corrected chi connectivity index (χ0v) is 8.82. The summed E-state index contributed by atoms with van der Waals surface area (Å²) in [4.78, 5) is 10.7. The third kappa shape index (κ3) is 2.18. The zero-order chi connectivity index (χ0) is 11.4. The van der Waals surface area contributed by atoms with Crippen molar-refractivity contribution in [1.82, 2.24) is 0 Å². The minimum Gasteiger partial charge on any atom is -0.508 e. The second-order valence-electron chi connectivity index (χ2n) is 3.34. The number of aryl methyl sites for hydroxylation is 1. The second kappa shape index (κ2) is 4.64. The molecule has 15 heavy (non-hydrogen) atoms. The smallest absolute Gasteiger partial charge is 0.154 e. The SMILES string of the molecule is C/C=C\Cc1c(O)cc(C)c(C=O)c1O. The lowest BCUT2D eigenvalue weighted by molar-refractivity contribution is 0.112. The number of rotatable bonds is 3. The Morgan fingerprint density at radius 2 is 2.07 bits per heavy atom. The number of allylic oxidation sites excluding steroid dienone is 2. The van der Waals surface area contributed by atoms with Crippen LogP contribution in [0.5, 0.6) is 11.5 Å². The summed E-state index contributed by atoms with van der Waals surface area (Å²) in [6.07, 6.45) is 4.64. The van der Waals surface area contributed by atoms with Crippen molar-refractivity contribution >= 4 is 6.29 Å². The Balaban J connectivity index is 3.31. The van der Waals surface area contributed by atoms with Crippen molar-refractivity contribution in [1.29, 1.82) is 0 Å². The summed E-state index contributed by atoms with van der Waals surface area (Å²) in [7, 11) is 0. The molecule has 1 rings (SSSR count). The highest BCUT2D eigenvalue weighted by Crippen LogP contribution is 2.32. The summed E-state index contributed by atoms with van der Waals surface area (Å²) >= 11 is 0. The topological polar surface area (TPSA) is 57.5 Å². The first-order valence-electron chi connectivity index (χ1n) is 4.72. The summed E-state index contributed by atoms with van der Waals surface area (Å²) < 4.78 is 0. The van der Waals surface area contributed by atoms with Gasteiger partial charge in [-0.05, 0) is 31.9 Å². The summed E-state index contributed by atoms with van der Waals surface area (Å²) in [6, 6.07) is 1.49. The molecule has 0 aliphatic heterocycles. The molecule has 80 valence electrons. The van der Waals surface area contributed by atoms with Gasteiger partial charge in [0.2, 0.25) is 0 Å². The fourth-order valence-electron chi connectivity index (χ4n) is 1.43. The maximum atomic E-state index is 10.7. The molecule has 0 saturated heterocycles. The predicted molar refractivity (Wildman–Crippen MR) is 58.4 cm³/mol. The molecule has 0 radical (unpaired) electrons. The van der Waals surface area contributed by atoms with Crippen molar-refractivity contribution in [3.8, 4) is 11.5 Å². The lowest BCUT2D eigenvalue weighted by Crippen LogP contribution is -1.93. The largest absolute Gasteiger partial charge is 0.508 e. The Hall–Kier alpha value is -1.77. The minimum absolute atomic E-state index is 0.0219. The molecule has 0 spiro atoms. The lowest BCUT2D eigenvalue weighted by Gasteiger charge is -2.09. The van der Waals surface area contributed by atoms with Gasteiger partial charge in [-0.2, -0.15) is 0 Å². The Morgan fingerprint density at radius 3 is 2.60 bits per heavy atom. The molecule has 0 aliphatic rings. The van der Waals surface area contributed by atoms with Gasteiger partial charge in [-0.15, -0.1) is 0 Å². The van der Waals surface area contributed by atoms with Gasteiger partial charge in [0.15, 0.2) is 6.29 Å². The van der Waals surface area contributed by atoms with E-state index in [1.54, 1.807) is 13.0 Å². The molecule has 0 heterocycles. The van der Waals surface area contributed by atoms with Crippen molar-refractivity contribution in [2.24, 2.45) is 0 Å². The summed E-state index contributed by atoms with van der Waals surface area (Å²) in [5, 5.41) is 19.4. The minimum atomic E-state index is -0.124. The van der Waals surface area contributed by atoms with E-state index in [1.165, 1.54) is 6.07 Å². The third-order valence-corrected chi connectivity index (χ3v) is 2.30. The maximum absolute atomic E-state index is 10.7. The number of carbonyl (C=O) groups is 1. The highest BCUT2D eigenvalue weighted by atomic mass is 16.3. The average molecular weight is 206 g/mol.